The number of rotatable bonds is 2. The topological polar surface area (TPSA) is 24.1 Å². The predicted molar refractivity (Wildman–Crippen MR) is 177 cm³/mol. The van der Waals surface area contributed by atoms with Gasteiger partial charge in [0.05, 0.1) is 0 Å². The molecule has 1 heterocycles. The highest BCUT2D eigenvalue weighted by molar-refractivity contribution is 7.81. The Balaban J connectivity index is 1.53. The SMILES string of the molecule is Fc1ccc(P2c3ccccc3Nc3ccccc3P(c3ccc(F)cc3)c3ccccc3Nc3ccccc32)cc1. The van der Waals surface area contributed by atoms with Gasteiger partial charge >= 0.3 is 0 Å². The van der Waals surface area contributed by atoms with E-state index >= 15 is 0 Å². The van der Waals surface area contributed by atoms with Gasteiger partial charge in [0.25, 0.3) is 0 Å². The molecule has 2 N–H and O–H groups in total. The second kappa shape index (κ2) is 11.5. The average Bonchev–Trinajstić information content (AvgIpc) is 3.02. The van der Waals surface area contributed by atoms with E-state index < -0.39 is 15.8 Å². The molecule has 204 valence electrons. The molecule has 0 unspecified atom stereocenters. The van der Waals surface area contributed by atoms with E-state index in [0.29, 0.717) is 0 Å². The van der Waals surface area contributed by atoms with E-state index in [4.69, 9.17) is 0 Å². The fourth-order valence-corrected chi connectivity index (χ4v) is 10.3. The molecule has 6 heteroatoms. The lowest BCUT2D eigenvalue weighted by Crippen LogP contribution is -2.28. The Bertz CT molecular complexity index is 1640. The summed E-state index contributed by atoms with van der Waals surface area (Å²) in [7, 11) is -2.14. The van der Waals surface area contributed by atoms with Gasteiger partial charge in [0.1, 0.15) is 11.6 Å². The molecule has 1 aliphatic heterocycles. The smallest absolute Gasteiger partial charge is 0.123 e. The zero-order valence-electron chi connectivity index (χ0n) is 22.5. The fourth-order valence-electron chi connectivity index (χ4n) is 5.38. The van der Waals surface area contributed by atoms with Crippen LogP contribution in [0.2, 0.25) is 0 Å². The van der Waals surface area contributed by atoms with Crippen LogP contribution >= 0.6 is 15.8 Å². The first-order chi connectivity index (χ1) is 20.7. The molecule has 6 aromatic rings. The van der Waals surface area contributed by atoms with Crippen LogP contribution in [-0.4, -0.2) is 0 Å². The first-order valence-electron chi connectivity index (χ1n) is 13.7. The van der Waals surface area contributed by atoms with E-state index in [2.05, 4.69) is 83.4 Å². The summed E-state index contributed by atoms with van der Waals surface area (Å²) in [5.41, 5.74) is 3.99. The molecule has 0 atom stereocenters. The van der Waals surface area contributed by atoms with E-state index in [0.717, 1.165) is 54.6 Å². The van der Waals surface area contributed by atoms with Crippen molar-refractivity contribution in [1.29, 1.82) is 0 Å². The predicted octanol–water partition coefficient (Wildman–Crippen LogP) is 7.28. The van der Waals surface area contributed by atoms with Crippen molar-refractivity contribution in [2.24, 2.45) is 0 Å². The summed E-state index contributed by atoms with van der Waals surface area (Å²) in [6, 6.07) is 47.3. The summed E-state index contributed by atoms with van der Waals surface area (Å²) in [6.07, 6.45) is 0. The summed E-state index contributed by atoms with van der Waals surface area (Å²) in [5.74, 6) is -0.504. The summed E-state index contributed by atoms with van der Waals surface area (Å²) < 4.78 is 28.2. The molecular weight excluding hydrogens is 560 g/mol. The standard InChI is InChI=1S/C36H26F2N2P2/c37-25-17-21-27(22-18-25)41-33-13-5-1-9-29(33)39-30-10-2-6-14-34(30)42(28-23-19-26(38)20-24-28)36-16-8-4-12-32(36)40-31-11-3-7-15-35(31)41/h1-24,39-40H. The number of halogens is 2. The van der Waals surface area contributed by atoms with Crippen LogP contribution in [0.25, 0.3) is 0 Å². The molecule has 1 aliphatic rings. The molecule has 6 aromatic carbocycles. The number of para-hydroxylation sites is 4. The van der Waals surface area contributed by atoms with Crippen molar-refractivity contribution in [3.05, 3.63) is 157 Å². The Kier molecular flexibility index (Phi) is 7.26. The van der Waals surface area contributed by atoms with Crippen LogP contribution in [0, 0.1) is 11.6 Å². The summed E-state index contributed by atoms with van der Waals surface area (Å²) in [5, 5.41) is 14.3. The molecule has 2 nitrogen and oxygen atoms in total. The molecule has 0 amide bonds. The van der Waals surface area contributed by atoms with Gasteiger partial charge < -0.3 is 10.6 Å². The van der Waals surface area contributed by atoms with E-state index in [-0.39, 0.29) is 11.6 Å². The lowest BCUT2D eigenvalue weighted by Gasteiger charge is -2.29. The van der Waals surface area contributed by atoms with Crippen LogP contribution < -0.4 is 42.5 Å². The summed E-state index contributed by atoms with van der Waals surface area (Å²) >= 11 is 0. The van der Waals surface area contributed by atoms with Crippen molar-refractivity contribution in [3.8, 4) is 0 Å². The van der Waals surface area contributed by atoms with Crippen molar-refractivity contribution in [2.45, 2.75) is 0 Å². The van der Waals surface area contributed by atoms with Gasteiger partial charge in [0, 0.05) is 44.0 Å². The molecule has 0 saturated carbocycles. The number of fused-ring (bicyclic) bond motifs is 4. The van der Waals surface area contributed by atoms with Crippen LogP contribution in [0.15, 0.2) is 146 Å². The van der Waals surface area contributed by atoms with Crippen LogP contribution in [0.4, 0.5) is 31.5 Å². The Morgan fingerprint density at radius 1 is 0.333 bits per heavy atom. The Morgan fingerprint density at radius 2 is 0.595 bits per heavy atom. The lowest BCUT2D eigenvalue weighted by molar-refractivity contribution is 0.628. The normalized spacial score (nSPS) is 15.8. The molecule has 0 bridgehead atoms. The number of benzene rings is 6. The highest BCUT2D eigenvalue weighted by Crippen LogP contribution is 2.43. The molecule has 0 fully saturated rings. The van der Waals surface area contributed by atoms with E-state index in [9.17, 15) is 8.78 Å². The highest BCUT2D eigenvalue weighted by atomic mass is 31.1. The van der Waals surface area contributed by atoms with E-state index in [1.807, 2.05) is 48.5 Å². The maximum Gasteiger partial charge on any atom is 0.123 e. The monoisotopic (exact) mass is 586 g/mol. The van der Waals surface area contributed by atoms with Crippen molar-refractivity contribution in [3.63, 3.8) is 0 Å². The van der Waals surface area contributed by atoms with Crippen molar-refractivity contribution in [1.82, 2.24) is 0 Å². The van der Waals surface area contributed by atoms with E-state index in [1.165, 1.54) is 0 Å². The van der Waals surface area contributed by atoms with Gasteiger partial charge in [-0.2, -0.15) is 0 Å². The zero-order chi connectivity index (χ0) is 28.5. The first-order valence-corrected chi connectivity index (χ1v) is 16.4. The second-order valence-electron chi connectivity index (χ2n) is 9.94. The zero-order valence-corrected chi connectivity index (χ0v) is 24.3. The van der Waals surface area contributed by atoms with Gasteiger partial charge in [0.15, 0.2) is 0 Å². The van der Waals surface area contributed by atoms with Gasteiger partial charge in [-0.15, -0.1) is 0 Å². The van der Waals surface area contributed by atoms with Crippen LogP contribution in [0.1, 0.15) is 0 Å². The summed E-state index contributed by atoms with van der Waals surface area (Å²) in [6.45, 7) is 0. The number of hydrogen-bond acceptors (Lipinski definition) is 2. The first kappa shape index (κ1) is 26.5. The van der Waals surface area contributed by atoms with Gasteiger partial charge in [-0.05, 0) is 75.0 Å². The second-order valence-corrected chi connectivity index (χ2v) is 14.2. The highest BCUT2D eigenvalue weighted by Gasteiger charge is 2.27. The number of anilines is 4. The molecule has 0 spiro atoms. The molecule has 0 aromatic heterocycles. The Hall–Kier alpha value is -4.36. The Morgan fingerprint density at radius 3 is 0.881 bits per heavy atom. The quantitative estimate of drug-likeness (QED) is 0.208. The lowest BCUT2D eigenvalue weighted by atomic mass is 10.2. The maximum atomic E-state index is 14.1. The molecule has 0 radical (unpaired) electrons. The molecule has 0 aliphatic carbocycles. The van der Waals surface area contributed by atoms with Crippen LogP contribution in [-0.2, 0) is 0 Å². The molecule has 0 saturated heterocycles. The van der Waals surface area contributed by atoms with Crippen molar-refractivity contribution < 1.29 is 8.78 Å². The van der Waals surface area contributed by atoms with Crippen LogP contribution in [0.5, 0.6) is 0 Å². The van der Waals surface area contributed by atoms with Crippen LogP contribution in [0.3, 0.4) is 0 Å². The van der Waals surface area contributed by atoms with Crippen molar-refractivity contribution >= 4 is 70.4 Å². The van der Waals surface area contributed by atoms with Gasteiger partial charge in [-0.3, -0.25) is 0 Å². The minimum Gasteiger partial charge on any atom is -0.354 e. The largest absolute Gasteiger partial charge is 0.354 e. The van der Waals surface area contributed by atoms with E-state index in [1.54, 1.807) is 24.3 Å². The van der Waals surface area contributed by atoms with Gasteiger partial charge in [0.2, 0.25) is 0 Å². The van der Waals surface area contributed by atoms with Crippen molar-refractivity contribution in [2.75, 3.05) is 10.6 Å². The van der Waals surface area contributed by atoms with Gasteiger partial charge in [-0.1, -0.05) is 97.1 Å². The third-order valence-electron chi connectivity index (χ3n) is 7.29. The molecule has 7 rings (SSSR count). The summed E-state index contributed by atoms with van der Waals surface area (Å²) in [4.78, 5) is 0. The third kappa shape index (κ3) is 5.09. The Labute approximate surface area is 246 Å². The minimum absolute atomic E-state index is 0.252. The fraction of sp³-hybridized carbons (Fsp3) is 0. The molecular formula is C36H26F2N2P2. The third-order valence-corrected chi connectivity index (χ3v) is 12.4. The number of nitrogens with one attached hydrogen (secondary N) is 2. The van der Waals surface area contributed by atoms with Gasteiger partial charge in [-0.25, -0.2) is 8.78 Å². The minimum atomic E-state index is -1.07. The maximum absolute atomic E-state index is 14.1. The number of hydrogen-bond donors (Lipinski definition) is 2. The average molecular weight is 587 g/mol. The molecule has 42 heavy (non-hydrogen) atoms.